The Bertz CT molecular complexity index is 943. The Morgan fingerprint density at radius 2 is 2.16 bits per heavy atom. The predicted molar refractivity (Wildman–Crippen MR) is 88.4 cm³/mol. The Hall–Kier alpha value is -3.67. The quantitative estimate of drug-likeness (QED) is 0.649. The van der Waals surface area contributed by atoms with Crippen molar-refractivity contribution in [3.05, 3.63) is 62.1 Å². The summed E-state index contributed by atoms with van der Waals surface area (Å²) >= 11 is 0. The van der Waals surface area contributed by atoms with Gasteiger partial charge in [0.1, 0.15) is 29.6 Å². The molecule has 0 aliphatic heterocycles. The number of nitriles is 1. The number of ether oxygens (including phenoxy) is 1. The highest BCUT2D eigenvalue weighted by atomic mass is 16.6. The van der Waals surface area contributed by atoms with Crippen LogP contribution in [0.3, 0.4) is 0 Å². The first kappa shape index (κ1) is 17.7. The number of nitro groups is 1. The van der Waals surface area contributed by atoms with E-state index < -0.39 is 16.4 Å². The standard InChI is InChI=1S/C16H14N4O5/c1-10-5-6-19(16(22)12(10)8-17)9-15(21)18-13-4-3-11(25-2)7-14(13)20(23)24/h3-7H,9H2,1-2H3,(H,18,21). The maximum atomic E-state index is 12.1. The first-order chi connectivity index (χ1) is 11.9. The first-order valence-corrected chi connectivity index (χ1v) is 7.09. The van der Waals surface area contributed by atoms with Crippen LogP contribution in [0.15, 0.2) is 35.3 Å². The van der Waals surface area contributed by atoms with Crippen LogP contribution >= 0.6 is 0 Å². The van der Waals surface area contributed by atoms with E-state index in [0.29, 0.717) is 5.56 Å². The number of carbonyl (C=O) groups excluding carboxylic acids is 1. The van der Waals surface area contributed by atoms with Crippen molar-refractivity contribution in [2.75, 3.05) is 12.4 Å². The Morgan fingerprint density at radius 3 is 2.76 bits per heavy atom. The number of nitro benzene ring substituents is 1. The molecule has 0 fully saturated rings. The SMILES string of the molecule is COc1ccc(NC(=O)Cn2ccc(C)c(C#N)c2=O)c([N+](=O)[O-])c1. The summed E-state index contributed by atoms with van der Waals surface area (Å²) in [6.45, 7) is 1.24. The molecule has 0 aliphatic rings. The summed E-state index contributed by atoms with van der Waals surface area (Å²) in [5.41, 5.74) is -0.485. The average molecular weight is 342 g/mol. The summed E-state index contributed by atoms with van der Waals surface area (Å²) < 4.78 is 5.99. The van der Waals surface area contributed by atoms with Gasteiger partial charge in [0.05, 0.1) is 18.1 Å². The molecule has 1 aromatic heterocycles. The first-order valence-electron chi connectivity index (χ1n) is 7.09. The second kappa shape index (κ2) is 7.27. The van der Waals surface area contributed by atoms with E-state index in [1.165, 1.54) is 31.5 Å². The molecular weight excluding hydrogens is 328 g/mol. The van der Waals surface area contributed by atoms with Crippen LogP contribution in [0.25, 0.3) is 0 Å². The predicted octanol–water partition coefficient (Wildman–Crippen LogP) is 1.58. The van der Waals surface area contributed by atoms with Crippen molar-refractivity contribution in [1.82, 2.24) is 4.57 Å². The van der Waals surface area contributed by atoms with Crippen molar-refractivity contribution in [2.24, 2.45) is 0 Å². The van der Waals surface area contributed by atoms with Crippen LogP contribution < -0.4 is 15.6 Å². The molecule has 0 spiro atoms. The zero-order valence-electron chi connectivity index (χ0n) is 13.5. The van der Waals surface area contributed by atoms with E-state index >= 15 is 0 Å². The summed E-state index contributed by atoms with van der Waals surface area (Å²) in [7, 11) is 1.37. The van der Waals surface area contributed by atoms with E-state index in [1.54, 1.807) is 19.1 Å². The van der Waals surface area contributed by atoms with Gasteiger partial charge in [-0.25, -0.2) is 0 Å². The van der Waals surface area contributed by atoms with Gasteiger partial charge in [-0.1, -0.05) is 0 Å². The summed E-state index contributed by atoms with van der Waals surface area (Å²) in [5.74, 6) is -0.360. The van der Waals surface area contributed by atoms with Gasteiger partial charge >= 0.3 is 0 Å². The maximum absolute atomic E-state index is 12.1. The molecule has 2 rings (SSSR count). The summed E-state index contributed by atoms with van der Waals surface area (Å²) in [6.07, 6.45) is 1.39. The fourth-order valence-corrected chi connectivity index (χ4v) is 2.17. The van der Waals surface area contributed by atoms with Crippen LogP contribution in [0.2, 0.25) is 0 Å². The largest absolute Gasteiger partial charge is 0.496 e. The maximum Gasteiger partial charge on any atom is 0.296 e. The Balaban J connectivity index is 2.26. The van der Waals surface area contributed by atoms with Crippen LogP contribution in [-0.4, -0.2) is 22.5 Å². The van der Waals surface area contributed by atoms with Gasteiger partial charge in [0.2, 0.25) is 5.91 Å². The van der Waals surface area contributed by atoms with Gasteiger partial charge in [0, 0.05) is 6.20 Å². The van der Waals surface area contributed by atoms with Crippen molar-refractivity contribution < 1.29 is 14.5 Å². The third-order valence-corrected chi connectivity index (χ3v) is 3.47. The minimum absolute atomic E-state index is 0.0172. The van der Waals surface area contributed by atoms with Crippen molar-refractivity contribution in [2.45, 2.75) is 13.5 Å². The third-order valence-electron chi connectivity index (χ3n) is 3.47. The molecule has 0 radical (unpaired) electrons. The minimum atomic E-state index is -0.649. The van der Waals surface area contributed by atoms with Crippen LogP contribution in [-0.2, 0) is 11.3 Å². The fourth-order valence-electron chi connectivity index (χ4n) is 2.17. The molecule has 9 nitrogen and oxygen atoms in total. The van der Waals surface area contributed by atoms with E-state index in [1.807, 2.05) is 0 Å². The minimum Gasteiger partial charge on any atom is -0.496 e. The fraction of sp³-hybridized carbons (Fsp3) is 0.188. The number of rotatable bonds is 5. The van der Waals surface area contributed by atoms with Gasteiger partial charge in [-0.15, -0.1) is 0 Å². The Morgan fingerprint density at radius 1 is 1.44 bits per heavy atom. The molecule has 0 atom stereocenters. The molecule has 0 saturated heterocycles. The highest BCUT2D eigenvalue weighted by molar-refractivity contribution is 5.93. The van der Waals surface area contributed by atoms with Crippen LogP contribution in [0.5, 0.6) is 5.75 Å². The number of nitrogens with one attached hydrogen (secondary N) is 1. The smallest absolute Gasteiger partial charge is 0.296 e. The molecule has 0 bridgehead atoms. The molecule has 0 saturated carbocycles. The van der Waals surface area contributed by atoms with E-state index in [-0.39, 0.29) is 29.2 Å². The molecule has 25 heavy (non-hydrogen) atoms. The van der Waals surface area contributed by atoms with Gasteiger partial charge in [-0.2, -0.15) is 5.26 Å². The zero-order chi connectivity index (χ0) is 18.6. The summed E-state index contributed by atoms with van der Waals surface area (Å²) in [4.78, 5) is 34.7. The summed E-state index contributed by atoms with van der Waals surface area (Å²) in [5, 5.41) is 22.5. The molecule has 1 N–H and O–H groups in total. The zero-order valence-corrected chi connectivity index (χ0v) is 13.5. The number of methoxy groups -OCH3 is 1. The lowest BCUT2D eigenvalue weighted by Gasteiger charge is -2.09. The Labute approximate surface area is 142 Å². The van der Waals surface area contributed by atoms with Crippen LogP contribution in [0.4, 0.5) is 11.4 Å². The molecule has 1 aromatic carbocycles. The number of amides is 1. The van der Waals surface area contributed by atoms with E-state index in [2.05, 4.69) is 5.32 Å². The van der Waals surface area contributed by atoms with Gasteiger partial charge < -0.3 is 14.6 Å². The molecule has 2 aromatic rings. The third kappa shape index (κ3) is 3.81. The number of hydrogen-bond acceptors (Lipinski definition) is 6. The number of aromatic nitrogens is 1. The lowest BCUT2D eigenvalue weighted by Crippen LogP contribution is -2.29. The van der Waals surface area contributed by atoms with Crippen molar-refractivity contribution in [3.8, 4) is 11.8 Å². The highest BCUT2D eigenvalue weighted by Crippen LogP contribution is 2.28. The topological polar surface area (TPSA) is 127 Å². The molecule has 128 valence electrons. The highest BCUT2D eigenvalue weighted by Gasteiger charge is 2.18. The van der Waals surface area contributed by atoms with Crippen molar-refractivity contribution >= 4 is 17.3 Å². The molecule has 9 heteroatoms. The van der Waals surface area contributed by atoms with Gasteiger partial charge in [0.25, 0.3) is 11.2 Å². The van der Waals surface area contributed by atoms with Crippen molar-refractivity contribution in [1.29, 1.82) is 5.26 Å². The Kier molecular flexibility index (Phi) is 5.14. The van der Waals surface area contributed by atoms with Crippen LogP contribution in [0, 0.1) is 28.4 Å². The number of aryl methyl sites for hydroxylation is 1. The summed E-state index contributed by atoms with van der Waals surface area (Å²) in [6, 6.07) is 7.33. The van der Waals surface area contributed by atoms with Gasteiger partial charge in [0.15, 0.2) is 0 Å². The van der Waals surface area contributed by atoms with Crippen molar-refractivity contribution in [3.63, 3.8) is 0 Å². The van der Waals surface area contributed by atoms with E-state index in [4.69, 9.17) is 10.00 Å². The number of nitrogens with zero attached hydrogens (tertiary/aromatic N) is 3. The lowest BCUT2D eigenvalue weighted by atomic mass is 10.2. The lowest BCUT2D eigenvalue weighted by molar-refractivity contribution is -0.384. The second-order valence-electron chi connectivity index (χ2n) is 5.11. The molecular formula is C16H14N4O5. The second-order valence-corrected chi connectivity index (χ2v) is 5.11. The molecule has 1 amide bonds. The van der Waals surface area contributed by atoms with E-state index in [0.717, 1.165) is 4.57 Å². The number of anilines is 1. The monoisotopic (exact) mass is 342 g/mol. The van der Waals surface area contributed by atoms with E-state index in [9.17, 15) is 19.7 Å². The van der Waals surface area contributed by atoms with Gasteiger partial charge in [-0.3, -0.25) is 19.7 Å². The van der Waals surface area contributed by atoms with Gasteiger partial charge in [-0.05, 0) is 30.7 Å². The van der Waals surface area contributed by atoms with Crippen LogP contribution in [0.1, 0.15) is 11.1 Å². The normalized spacial score (nSPS) is 9.96. The average Bonchev–Trinajstić information content (AvgIpc) is 2.58. The molecule has 0 aliphatic carbocycles. The number of hydrogen-bond donors (Lipinski definition) is 1. The number of pyridine rings is 1. The number of benzene rings is 1. The molecule has 1 heterocycles. The molecule has 0 unspecified atom stereocenters. The number of carbonyl (C=O) groups is 1.